The van der Waals surface area contributed by atoms with Crippen molar-refractivity contribution in [1.82, 2.24) is 0 Å². The lowest BCUT2D eigenvalue weighted by Gasteiger charge is -2.35. The van der Waals surface area contributed by atoms with Crippen molar-refractivity contribution in [2.75, 3.05) is 0 Å². The number of hydrogen-bond donors (Lipinski definition) is 0. The Balaban J connectivity index is 2.51. The first-order valence-corrected chi connectivity index (χ1v) is 8.33. The molecule has 0 aromatic carbocycles. The molecule has 0 aromatic rings. The third-order valence-electron chi connectivity index (χ3n) is 4.98. The van der Waals surface area contributed by atoms with Crippen molar-refractivity contribution in [3.8, 4) is 0 Å². The van der Waals surface area contributed by atoms with E-state index in [1.54, 1.807) is 16.7 Å². The maximum atomic E-state index is 2.44. The van der Waals surface area contributed by atoms with E-state index in [0.29, 0.717) is 5.41 Å². The topological polar surface area (TPSA) is 0 Å². The van der Waals surface area contributed by atoms with Crippen molar-refractivity contribution in [3.05, 3.63) is 34.4 Å². The van der Waals surface area contributed by atoms with E-state index in [1.807, 2.05) is 0 Å². The van der Waals surface area contributed by atoms with Gasteiger partial charge in [-0.15, -0.1) is 0 Å². The summed E-state index contributed by atoms with van der Waals surface area (Å²) in [7, 11) is 0. The highest BCUT2D eigenvalue weighted by atomic mass is 14.3. The second-order valence-corrected chi connectivity index (χ2v) is 7.22. The zero-order valence-electron chi connectivity index (χ0n) is 14.6. The Kier molecular flexibility index (Phi) is 6.79. The van der Waals surface area contributed by atoms with Crippen LogP contribution in [0.2, 0.25) is 0 Å². The van der Waals surface area contributed by atoms with Gasteiger partial charge in [-0.05, 0) is 78.1 Å². The summed E-state index contributed by atoms with van der Waals surface area (Å²) < 4.78 is 0. The molecule has 0 atom stereocenters. The van der Waals surface area contributed by atoms with Gasteiger partial charge in [0.1, 0.15) is 0 Å². The van der Waals surface area contributed by atoms with Crippen molar-refractivity contribution in [2.24, 2.45) is 5.41 Å². The van der Waals surface area contributed by atoms with Gasteiger partial charge in [0.05, 0.1) is 0 Å². The summed E-state index contributed by atoms with van der Waals surface area (Å²) in [5, 5.41) is 0. The van der Waals surface area contributed by atoms with Gasteiger partial charge in [0.2, 0.25) is 0 Å². The van der Waals surface area contributed by atoms with Gasteiger partial charge in [0, 0.05) is 0 Å². The Bertz CT molecular complexity index is 402. The van der Waals surface area contributed by atoms with Crippen LogP contribution in [0, 0.1) is 5.41 Å². The van der Waals surface area contributed by atoms with Gasteiger partial charge in [-0.1, -0.05) is 48.3 Å². The molecule has 0 nitrogen and oxygen atoms in total. The van der Waals surface area contributed by atoms with Gasteiger partial charge in [0.25, 0.3) is 0 Å². The molecule has 114 valence electrons. The average molecular weight is 274 g/mol. The summed E-state index contributed by atoms with van der Waals surface area (Å²) in [5.41, 5.74) is 6.90. The Morgan fingerprint density at radius 3 is 2.45 bits per heavy atom. The van der Waals surface area contributed by atoms with Crippen LogP contribution in [0.1, 0.15) is 86.5 Å². The molecule has 0 N–H and O–H groups in total. The number of allylic oxidation sites excluding steroid dienone is 6. The minimum Gasteiger partial charge on any atom is -0.0887 e. The molecule has 0 heteroatoms. The van der Waals surface area contributed by atoms with Gasteiger partial charge in [-0.25, -0.2) is 0 Å². The molecule has 0 saturated carbocycles. The summed E-state index contributed by atoms with van der Waals surface area (Å²) in [6.07, 6.45) is 13.6. The standard InChI is InChI=1S/C20H34/c1-7-16(2)10-8-11-17(3)13-14-19-18(4)12-9-15-20(19,5)6/h7,11H,8-10,12-15H2,1-6H3/b16-7+,17-11+. The minimum absolute atomic E-state index is 0.435. The largest absolute Gasteiger partial charge is 0.0887 e. The monoisotopic (exact) mass is 274 g/mol. The average Bonchev–Trinajstić information content (AvgIpc) is 2.37. The van der Waals surface area contributed by atoms with Gasteiger partial charge < -0.3 is 0 Å². The van der Waals surface area contributed by atoms with E-state index in [0.717, 1.165) is 0 Å². The van der Waals surface area contributed by atoms with Crippen LogP contribution < -0.4 is 0 Å². The highest BCUT2D eigenvalue weighted by Crippen LogP contribution is 2.42. The molecule has 0 heterocycles. The molecular weight excluding hydrogens is 240 g/mol. The van der Waals surface area contributed by atoms with E-state index < -0.39 is 0 Å². The summed E-state index contributed by atoms with van der Waals surface area (Å²) in [6.45, 7) is 13.9. The SMILES string of the molecule is C/C=C(\C)CC/C=C(\C)CCC1=C(C)CCCC1(C)C. The van der Waals surface area contributed by atoms with Gasteiger partial charge >= 0.3 is 0 Å². The first-order chi connectivity index (χ1) is 9.36. The maximum absolute atomic E-state index is 2.44. The van der Waals surface area contributed by atoms with Crippen LogP contribution in [-0.4, -0.2) is 0 Å². The Morgan fingerprint density at radius 2 is 1.85 bits per heavy atom. The zero-order valence-corrected chi connectivity index (χ0v) is 14.6. The maximum Gasteiger partial charge on any atom is -0.0142 e. The molecule has 0 aliphatic heterocycles. The zero-order chi connectivity index (χ0) is 15.2. The first-order valence-electron chi connectivity index (χ1n) is 8.33. The van der Waals surface area contributed by atoms with Crippen LogP contribution in [0.5, 0.6) is 0 Å². The lowest BCUT2D eigenvalue weighted by atomic mass is 9.71. The molecule has 1 aliphatic carbocycles. The predicted molar refractivity (Wildman–Crippen MR) is 92.0 cm³/mol. The van der Waals surface area contributed by atoms with Gasteiger partial charge in [-0.3, -0.25) is 0 Å². The van der Waals surface area contributed by atoms with Gasteiger partial charge in [-0.2, -0.15) is 0 Å². The lowest BCUT2D eigenvalue weighted by Crippen LogP contribution is -2.20. The highest BCUT2D eigenvalue weighted by Gasteiger charge is 2.27. The predicted octanol–water partition coefficient (Wildman–Crippen LogP) is 6.99. The van der Waals surface area contributed by atoms with Crippen LogP contribution in [0.3, 0.4) is 0 Å². The van der Waals surface area contributed by atoms with Crippen LogP contribution in [-0.2, 0) is 0 Å². The van der Waals surface area contributed by atoms with Crippen LogP contribution >= 0.6 is 0 Å². The molecule has 0 aromatic heterocycles. The molecule has 0 unspecified atom stereocenters. The van der Waals surface area contributed by atoms with Crippen LogP contribution in [0.15, 0.2) is 34.4 Å². The fraction of sp³-hybridized carbons (Fsp3) is 0.700. The first kappa shape index (κ1) is 17.3. The molecular formula is C20H34. The molecule has 0 saturated heterocycles. The molecule has 1 aliphatic rings. The van der Waals surface area contributed by atoms with E-state index >= 15 is 0 Å². The Morgan fingerprint density at radius 1 is 1.15 bits per heavy atom. The molecule has 0 fully saturated rings. The summed E-state index contributed by atoms with van der Waals surface area (Å²) in [6, 6.07) is 0. The normalized spacial score (nSPS) is 20.5. The molecule has 0 amide bonds. The smallest absolute Gasteiger partial charge is 0.0142 e. The van der Waals surface area contributed by atoms with Crippen molar-refractivity contribution in [3.63, 3.8) is 0 Å². The van der Waals surface area contributed by atoms with E-state index in [9.17, 15) is 0 Å². The van der Waals surface area contributed by atoms with E-state index in [1.165, 1.54) is 50.5 Å². The van der Waals surface area contributed by atoms with E-state index in [4.69, 9.17) is 0 Å². The summed E-state index contributed by atoms with van der Waals surface area (Å²) in [4.78, 5) is 0. The molecule has 1 rings (SSSR count). The number of rotatable bonds is 6. The lowest BCUT2D eigenvalue weighted by molar-refractivity contribution is 0.354. The third kappa shape index (κ3) is 5.31. The molecule has 0 bridgehead atoms. The quantitative estimate of drug-likeness (QED) is 0.458. The van der Waals surface area contributed by atoms with Crippen molar-refractivity contribution in [2.45, 2.75) is 86.5 Å². The molecule has 0 spiro atoms. The fourth-order valence-corrected chi connectivity index (χ4v) is 3.34. The summed E-state index contributed by atoms with van der Waals surface area (Å²) >= 11 is 0. The van der Waals surface area contributed by atoms with Crippen molar-refractivity contribution >= 4 is 0 Å². The van der Waals surface area contributed by atoms with Crippen LogP contribution in [0.4, 0.5) is 0 Å². The van der Waals surface area contributed by atoms with Gasteiger partial charge in [0.15, 0.2) is 0 Å². The van der Waals surface area contributed by atoms with E-state index in [-0.39, 0.29) is 0 Å². The minimum atomic E-state index is 0.435. The number of hydrogen-bond acceptors (Lipinski definition) is 0. The second kappa shape index (κ2) is 7.86. The highest BCUT2D eigenvalue weighted by molar-refractivity contribution is 5.23. The third-order valence-corrected chi connectivity index (χ3v) is 4.98. The molecule has 20 heavy (non-hydrogen) atoms. The van der Waals surface area contributed by atoms with Crippen LogP contribution in [0.25, 0.3) is 0 Å². The molecule has 0 radical (unpaired) electrons. The van der Waals surface area contributed by atoms with Crippen molar-refractivity contribution < 1.29 is 0 Å². The fourth-order valence-electron chi connectivity index (χ4n) is 3.34. The Hall–Kier alpha value is -0.780. The van der Waals surface area contributed by atoms with E-state index in [2.05, 4.69) is 53.7 Å². The Labute approximate surface area is 127 Å². The second-order valence-electron chi connectivity index (χ2n) is 7.22. The summed E-state index contributed by atoms with van der Waals surface area (Å²) in [5.74, 6) is 0. The van der Waals surface area contributed by atoms with Crippen molar-refractivity contribution in [1.29, 1.82) is 0 Å².